The summed E-state index contributed by atoms with van der Waals surface area (Å²) in [6, 6.07) is 4.19. The molecular formula is C12H12N4O4. The summed E-state index contributed by atoms with van der Waals surface area (Å²) in [6.07, 6.45) is 2.92. The van der Waals surface area contributed by atoms with Gasteiger partial charge in [-0.05, 0) is 13.0 Å². The molecule has 20 heavy (non-hydrogen) atoms. The fraction of sp³-hybridized carbons (Fsp3) is 0.167. The second kappa shape index (κ2) is 5.83. The lowest BCUT2D eigenvalue weighted by atomic mass is 10.1. The molecule has 0 aliphatic heterocycles. The van der Waals surface area contributed by atoms with E-state index < -0.39 is 10.8 Å². The number of aromatic amines is 1. The van der Waals surface area contributed by atoms with E-state index in [0.29, 0.717) is 5.69 Å². The van der Waals surface area contributed by atoms with Crippen LogP contribution in [0.1, 0.15) is 17.3 Å². The zero-order chi connectivity index (χ0) is 14.5. The first-order chi connectivity index (χ1) is 9.63. The maximum Gasteiger partial charge on any atom is 0.311 e. The Bertz CT molecular complexity index is 624. The van der Waals surface area contributed by atoms with Crippen molar-refractivity contribution >= 4 is 17.3 Å². The van der Waals surface area contributed by atoms with Gasteiger partial charge in [0, 0.05) is 12.3 Å². The first-order valence-electron chi connectivity index (χ1n) is 5.83. The monoisotopic (exact) mass is 276 g/mol. The Balaban J connectivity index is 2.37. The van der Waals surface area contributed by atoms with E-state index in [1.165, 1.54) is 30.6 Å². The van der Waals surface area contributed by atoms with Crippen molar-refractivity contribution in [2.24, 2.45) is 0 Å². The molecular weight excluding hydrogens is 264 g/mol. The zero-order valence-corrected chi connectivity index (χ0v) is 10.6. The molecule has 1 aromatic carbocycles. The van der Waals surface area contributed by atoms with Crippen LogP contribution in [0.4, 0.5) is 11.4 Å². The van der Waals surface area contributed by atoms with Gasteiger partial charge in [-0.25, -0.2) is 0 Å². The molecule has 0 aliphatic rings. The first-order valence-corrected chi connectivity index (χ1v) is 5.83. The van der Waals surface area contributed by atoms with Gasteiger partial charge in [0.2, 0.25) is 5.75 Å². The Hall–Kier alpha value is -2.90. The highest BCUT2D eigenvalue weighted by atomic mass is 16.6. The molecule has 2 rings (SSSR count). The average Bonchev–Trinajstić information content (AvgIpc) is 2.91. The van der Waals surface area contributed by atoms with E-state index >= 15 is 0 Å². The van der Waals surface area contributed by atoms with Gasteiger partial charge in [-0.15, -0.1) is 0 Å². The Labute approximate surface area is 113 Å². The Morgan fingerprint density at radius 1 is 1.55 bits per heavy atom. The van der Waals surface area contributed by atoms with Crippen molar-refractivity contribution < 1.29 is 14.5 Å². The van der Waals surface area contributed by atoms with Crippen LogP contribution in [0.3, 0.4) is 0 Å². The lowest BCUT2D eigenvalue weighted by Crippen LogP contribution is -2.14. The lowest BCUT2D eigenvalue weighted by molar-refractivity contribution is -0.385. The molecule has 2 N–H and O–H groups in total. The highest BCUT2D eigenvalue weighted by molar-refractivity contribution is 6.06. The number of carbonyl (C=O) groups is 1. The number of benzene rings is 1. The summed E-state index contributed by atoms with van der Waals surface area (Å²) < 4.78 is 5.24. The lowest BCUT2D eigenvalue weighted by Gasteiger charge is -2.09. The van der Waals surface area contributed by atoms with E-state index in [0.717, 1.165) is 0 Å². The number of nitrogens with zero attached hydrogens (tertiary/aromatic N) is 2. The Morgan fingerprint density at radius 3 is 2.95 bits per heavy atom. The number of nitro groups is 1. The number of aromatic nitrogens is 2. The molecule has 0 saturated heterocycles. The molecule has 8 heteroatoms. The molecule has 2 aromatic rings. The minimum Gasteiger partial charge on any atom is -0.487 e. The molecule has 0 saturated carbocycles. The maximum atomic E-state index is 12.1. The molecule has 0 spiro atoms. The molecule has 1 amide bonds. The summed E-state index contributed by atoms with van der Waals surface area (Å²) in [6.45, 7) is 1.91. The second-order valence-corrected chi connectivity index (χ2v) is 3.79. The standard InChI is InChI=1S/C12H12N4O4/c1-2-20-11-9(4-3-5-10(11)16(18)19)12(17)15-8-6-13-14-7-8/h3-7H,2H2,1H3,(H,13,14)(H,15,17). The van der Waals surface area contributed by atoms with E-state index in [2.05, 4.69) is 15.5 Å². The van der Waals surface area contributed by atoms with Gasteiger partial charge in [0.25, 0.3) is 5.91 Å². The van der Waals surface area contributed by atoms with Gasteiger partial charge in [-0.2, -0.15) is 5.10 Å². The van der Waals surface area contributed by atoms with Gasteiger partial charge in [0.15, 0.2) is 0 Å². The third-order valence-corrected chi connectivity index (χ3v) is 2.48. The van der Waals surface area contributed by atoms with Crippen molar-refractivity contribution in [3.05, 3.63) is 46.3 Å². The van der Waals surface area contributed by atoms with Gasteiger partial charge in [0.1, 0.15) is 0 Å². The number of para-hydroxylation sites is 1. The molecule has 0 bridgehead atoms. The topological polar surface area (TPSA) is 110 Å². The minimum absolute atomic E-state index is 0.0407. The molecule has 0 fully saturated rings. The number of H-pyrrole nitrogens is 1. The molecule has 0 unspecified atom stereocenters. The average molecular weight is 276 g/mol. The molecule has 1 heterocycles. The number of nitro benzene ring substituents is 1. The molecule has 0 aliphatic carbocycles. The Morgan fingerprint density at radius 2 is 2.35 bits per heavy atom. The number of hydrogen-bond acceptors (Lipinski definition) is 5. The van der Waals surface area contributed by atoms with Crippen LogP contribution in [0.15, 0.2) is 30.6 Å². The predicted molar refractivity (Wildman–Crippen MR) is 70.8 cm³/mol. The van der Waals surface area contributed by atoms with Crippen molar-refractivity contribution in [2.75, 3.05) is 11.9 Å². The van der Waals surface area contributed by atoms with E-state index in [1.54, 1.807) is 6.92 Å². The maximum absolute atomic E-state index is 12.1. The highest BCUT2D eigenvalue weighted by Crippen LogP contribution is 2.31. The number of carbonyl (C=O) groups excluding carboxylic acids is 1. The van der Waals surface area contributed by atoms with Crippen molar-refractivity contribution in [2.45, 2.75) is 6.92 Å². The van der Waals surface area contributed by atoms with Gasteiger partial charge < -0.3 is 10.1 Å². The molecule has 0 radical (unpaired) electrons. The molecule has 8 nitrogen and oxygen atoms in total. The van der Waals surface area contributed by atoms with Crippen molar-refractivity contribution in [3.8, 4) is 5.75 Å². The molecule has 104 valence electrons. The third-order valence-electron chi connectivity index (χ3n) is 2.48. The fourth-order valence-corrected chi connectivity index (χ4v) is 1.66. The van der Waals surface area contributed by atoms with Crippen LogP contribution >= 0.6 is 0 Å². The highest BCUT2D eigenvalue weighted by Gasteiger charge is 2.23. The van der Waals surface area contributed by atoms with E-state index in [1.807, 2.05) is 0 Å². The summed E-state index contributed by atoms with van der Waals surface area (Å²) in [5.74, 6) is -0.542. The Kier molecular flexibility index (Phi) is 3.94. The summed E-state index contributed by atoms with van der Waals surface area (Å²) in [7, 11) is 0. The first kappa shape index (κ1) is 13.5. The predicted octanol–water partition coefficient (Wildman–Crippen LogP) is 1.97. The number of nitrogens with one attached hydrogen (secondary N) is 2. The van der Waals surface area contributed by atoms with Gasteiger partial charge >= 0.3 is 5.69 Å². The summed E-state index contributed by atoms with van der Waals surface area (Å²) >= 11 is 0. The van der Waals surface area contributed by atoms with Gasteiger partial charge in [-0.1, -0.05) is 6.07 Å². The third kappa shape index (κ3) is 2.74. The van der Waals surface area contributed by atoms with E-state index in [9.17, 15) is 14.9 Å². The van der Waals surface area contributed by atoms with Crippen molar-refractivity contribution in [1.82, 2.24) is 10.2 Å². The summed E-state index contributed by atoms with van der Waals surface area (Å²) in [5.41, 5.74) is 0.317. The van der Waals surface area contributed by atoms with E-state index in [-0.39, 0.29) is 23.6 Å². The number of hydrogen-bond donors (Lipinski definition) is 2. The number of anilines is 1. The largest absolute Gasteiger partial charge is 0.487 e. The van der Waals surface area contributed by atoms with Crippen LogP contribution in [0, 0.1) is 10.1 Å². The van der Waals surface area contributed by atoms with Crippen LogP contribution in [0.2, 0.25) is 0 Å². The molecule has 0 atom stereocenters. The smallest absolute Gasteiger partial charge is 0.311 e. The number of amides is 1. The number of rotatable bonds is 5. The van der Waals surface area contributed by atoms with Crippen molar-refractivity contribution in [1.29, 1.82) is 0 Å². The zero-order valence-electron chi connectivity index (χ0n) is 10.6. The number of ether oxygens (including phenoxy) is 1. The fourth-order valence-electron chi connectivity index (χ4n) is 1.66. The quantitative estimate of drug-likeness (QED) is 0.640. The normalized spacial score (nSPS) is 10.1. The second-order valence-electron chi connectivity index (χ2n) is 3.79. The summed E-state index contributed by atoms with van der Waals surface area (Å²) in [5, 5.41) is 19.8. The minimum atomic E-state index is -0.584. The van der Waals surface area contributed by atoms with Crippen LogP contribution in [-0.2, 0) is 0 Å². The van der Waals surface area contributed by atoms with Crippen LogP contribution in [0.25, 0.3) is 0 Å². The molecule has 1 aromatic heterocycles. The summed E-state index contributed by atoms with van der Waals surface area (Å²) in [4.78, 5) is 22.5. The van der Waals surface area contributed by atoms with E-state index in [4.69, 9.17) is 4.74 Å². The van der Waals surface area contributed by atoms with Crippen LogP contribution in [0.5, 0.6) is 5.75 Å². The van der Waals surface area contributed by atoms with Gasteiger partial charge in [-0.3, -0.25) is 20.0 Å². The SMILES string of the molecule is CCOc1c(C(=O)Nc2cn[nH]c2)cccc1[N+](=O)[O-]. The van der Waals surface area contributed by atoms with Crippen molar-refractivity contribution in [3.63, 3.8) is 0 Å². The van der Waals surface area contributed by atoms with Crippen LogP contribution in [-0.4, -0.2) is 27.6 Å². The van der Waals surface area contributed by atoms with Crippen LogP contribution < -0.4 is 10.1 Å². The van der Waals surface area contributed by atoms with Gasteiger partial charge in [0.05, 0.1) is 29.0 Å².